The molecule has 0 saturated heterocycles. The van der Waals surface area contributed by atoms with Crippen LogP contribution < -0.4 is 5.32 Å². The van der Waals surface area contributed by atoms with Crippen LogP contribution in [0.15, 0.2) is 34.8 Å². The van der Waals surface area contributed by atoms with E-state index in [0.717, 1.165) is 22.8 Å². The third-order valence-electron chi connectivity index (χ3n) is 3.09. The lowest BCUT2D eigenvalue weighted by Gasteiger charge is -2.13. The molecule has 0 spiro atoms. The van der Waals surface area contributed by atoms with E-state index >= 15 is 0 Å². The van der Waals surface area contributed by atoms with E-state index in [1.807, 2.05) is 32.0 Å². The van der Waals surface area contributed by atoms with Gasteiger partial charge in [0.25, 0.3) is 0 Å². The zero-order valence-electron chi connectivity index (χ0n) is 10.7. The Bertz CT molecular complexity index is 568. The lowest BCUT2D eigenvalue weighted by atomic mass is 10.0. The van der Waals surface area contributed by atoms with Crippen molar-refractivity contribution in [2.75, 3.05) is 5.32 Å². The van der Waals surface area contributed by atoms with Crippen molar-refractivity contribution in [2.24, 2.45) is 0 Å². The third-order valence-corrected chi connectivity index (χ3v) is 3.72. The minimum atomic E-state index is -0.599. The van der Waals surface area contributed by atoms with Crippen LogP contribution in [0.4, 0.5) is 14.5 Å². The van der Waals surface area contributed by atoms with Crippen molar-refractivity contribution in [1.29, 1.82) is 0 Å². The Balaban J connectivity index is 2.24. The number of rotatable bonds is 3. The standard InChI is InChI=1S/C15H14BrF2N/c1-9-4-3-5-10(2)12(9)8-19-15-13(16)6-11(17)7-14(15)18/h3-7,19H,8H2,1-2H3. The molecule has 1 nitrogen and oxygen atoms in total. The van der Waals surface area contributed by atoms with Gasteiger partial charge in [-0.1, -0.05) is 18.2 Å². The largest absolute Gasteiger partial charge is 0.378 e. The molecular weight excluding hydrogens is 312 g/mol. The molecule has 0 saturated carbocycles. The molecule has 0 bridgehead atoms. The first kappa shape index (κ1) is 14.0. The van der Waals surface area contributed by atoms with Gasteiger partial charge in [-0.15, -0.1) is 0 Å². The van der Waals surface area contributed by atoms with E-state index in [1.54, 1.807) is 0 Å². The summed E-state index contributed by atoms with van der Waals surface area (Å²) in [5.41, 5.74) is 3.69. The van der Waals surface area contributed by atoms with E-state index in [2.05, 4.69) is 21.2 Å². The van der Waals surface area contributed by atoms with Gasteiger partial charge in [0.1, 0.15) is 11.6 Å². The molecular formula is C15H14BrF2N. The summed E-state index contributed by atoms with van der Waals surface area (Å²) in [4.78, 5) is 0. The lowest BCUT2D eigenvalue weighted by Crippen LogP contribution is -2.06. The number of benzene rings is 2. The molecule has 1 N–H and O–H groups in total. The minimum absolute atomic E-state index is 0.282. The summed E-state index contributed by atoms with van der Waals surface area (Å²) >= 11 is 3.17. The Kier molecular flexibility index (Phi) is 4.20. The van der Waals surface area contributed by atoms with Crippen molar-refractivity contribution in [2.45, 2.75) is 20.4 Å². The fourth-order valence-electron chi connectivity index (χ4n) is 2.02. The molecule has 4 heteroatoms. The Labute approximate surface area is 119 Å². The summed E-state index contributed by atoms with van der Waals surface area (Å²) in [6.45, 7) is 4.53. The highest BCUT2D eigenvalue weighted by Crippen LogP contribution is 2.27. The predicted octanol–water partition coefficient (Wildman–Crippen LogP) is 4.96. The molecule has 0 aliphatic rings. The normalized spacial score (nSPS) is 10.6. The molecule has 0 unspecified atom stereocenters. The Morgan fingerprint density at radius 3 is 2.32 bits per heavy atom. The fourth-order valence-corrected chi connectivity index (χ4v) is 2.56. The van der Waals surface area contributed by atoms with Crippen LogP contribution in [0.1, 0.15) is 16.7 Å². The molecule has 0 aromatic heterocycles. The van der Waals surface area contributed by atoms with Crippen LogP contribution in [0.25, 0.3) is 0 Å². The average Bonchev–Trinajstić information content (AvgIpc) is 2.31. The van der Waals surface area contributed by atoms with Gasteiger partial charge in [0, 0.05) is 17.1 Å². The zero-order valence-corrected chi connectivity index (χ0v) is 12.3. The molecule has 2 aromatic carbocycles. The summed E-state index contributed by atoms with van der Waals surface area (Å²) in [6.07, 6.45) is 0. The first-order chi connectivity index (χ1) is 8.99. The Morgan fingerprint density at radius 2 is 1.74 bits per heavy atom. The second-order valence-corrected chi connectivity index (χ2v) is 5.32. The van der Waals surface area contributed by atoms with Crippen molar-refractivity contribution in [3.63, 3.8) is 0 Å². The molecule has 0 radical (unpaired) electrons. The fraction of sp³-hybridized carbons (Fsp3) is 0.200. The molecule has 0 aliphatic carbocycles. The molecule has 0 fully saturated rings. The SMILES string of the molecule is Cc1cccc(C)c1CNc1c(F)cc(F)cc1Br. The summed E-state index contributed by atoms with van der Waals surface area (Å²) in [7, 11) is 0. The van der Waals surface area contributed by atoms with E-state index in [1.165, 1.54) is 6.07 Å². The Hall–Kier alpha value is -1.42. The first-order valence-electron chi connectivity index (χ1n) is 5.92. The van der Waals surface area contributed by atoms with Crippen molar-refractivity contribution in [3.8, 4) is 0 Å². The van der Waals surface area contributed by atoms with Gasteiger partial charge in [0.15, 0.2) is 0 Å². The Morgan fingerprint density at radius 1 is 1.11 bits per heavy atom. The molecule has 2 aromatic rings. The van der Waals surface area contributed by atoms with E-state index in [4.69, 9.17) is 0 Å². The number of halogens is 3. The minimum Gasteiger partial charge on any atom is -0.378 e. The summed E-state index contributed by atoms with van der Waals surface area (Å²) in [6, 6.07) is 8.14. The number of anilines is 1. The van der Waals surface area contributed by atoms with Gasteiger partial charge in [0.05, 0.1) is 5.69 Å². The van der Waals surface area contributed by atoms with Crippen molar-refractivity contribution in [3.05, 3.63) is 63.1 Å². The highest BCUT2D eigenvalue weighted by atomic mass is 79.9. The molecule has 0 amide bonds. The summed E-state index contributed by atoms with van der Waals surface area (Å²) < 4.78 is 27.1. The van der Waals surface area contributed by atoms with E-state index in [9.17, 15) is 8.78 Å². The maximum absolute atomic E-state index is 13.7. The van der Waals surface area contributed by atoms with Crippen molar-refractivity contribution in [1.82, 2.24) is 0 Å². The van der Waals surface area contributed by atoms with Gasteiger partial charge in [-0.05, 0) is 52.5 Å². The highest BCUT2D eigenvalue weighted by Gasteiger charge is 2.10. The second kappa shape index (κ2) is 5.70. The third kappa shape index (κ3) is 3.13. The maximum Gasteiger partial charge on any atom is 0.150 e. The summed E-state index contributed by atoms with van der Waals surface area (Å²) in [5, 5.41) is 3.02. The van der Waals surface area contributed by atoms with Gasteiger partial charge in [-0.2, -0.15) is 0 Å². The van der Waals surface area contributed by atoms with Crippen molar-refractivity contribution >= 4 is 21.6 Å². The molecule has 100 valence electrons. The quantitative estimate of drug-likeness (QED) is 0.841. The smallest absolute Gasteiger partial charge is 0.150 e. The molecule has 0 aliphatic heterocycles. The number of nitrogens with one attached hydrogen (secondary N) is 1. The van der Waals surface area contributed by atoms with Crippen LogP contribution in [0.2, 0.25) is 0 Å². The second-order valence-electron chi connectivity index (χ2n) is 4.47. The van der Waals surface area contributed by atoms with E-state index < -0.39 is 11.6 Å². The topological polar surface area (TPSA) is 12.0 Å². The lowest BCUT2D eigenvalue weighted by molar-refractivity contribution is 0.583. The van der Waals surface area contributed by atoms with Gasteiger partial charge in [-0.25, -0.2) is 8.78 Å². The molecule has 2 rings (SSSR count). The average molecular weight is 326 g/mol. The van der Waals surface area contributed by atoms with Gasteiger partial charge in [-0.3, -0.25) is 0 Å². The number of hydrogen-bond acceptors (Lipinski definition) is 1. The van der Waals surface area contributed by atoms with Gasteiger partial charge >= 0.3 is 0 Å². The van der Waals surface area contributed by atoms with Crippen LogP contribution in [0, 0.1) is 25.5 Å². The molecule has 0 heterocycles. The van der Waals surface area contributed by atoms with Gasteiger partial charge < -0.3 is 5.32 Å². The number of aryl methyl sites for hydroxylation is 2. The van der Waals surface area contributed by atoms with Crippen LogP contribution in [0.5, 0.6) is 0 Å². The van der Waals surface area contributed by atoms with Crippen LogP contribution >= 0.6 is 15.9 Å². The van der Waals surface area contributed by atoms with E-state index in [0.29, 0.717) is 11.0 Å². The number of hydrogen-bond donors (Lipinski definition) is 1. The monoisotopic (exact) mass is 325 g/mol. The van der Waals surface area contributed by atoms with E-state index in [-0.39, 0.29) is 5.69 Å². The predicted molar refractivity (Wildman–Crippen MR) is 77.3 cm³/mol. The van der Waals surface area contributed by atoms with Crippen LogP contribution in [0.3, 0.4) is 0 Å². The van der Waals surface area contributed by atoms with Crippen LogP contribution in [-0.2, 0) is 6.54 Å². The summed E-state index contributed by atoms with van der Waals surface area (Å²) in [5.74, 6) is -1.19. The molecule has 0 atom stereocenters. The van der Waals surface area contributed by atoms with Crippen molar-refractivity contribution < 1.29 is 8.78 Å². The zero-order chi connectivity index (χ0) is 14.0. The van der Waals surface area contributed by atoms with Gasteiger partial charge in [0.2, 0.25) is 0 Å². The first-order valence-corrected chi connectivity index (χ1v) is 6.72. The molecule has 19 heavy (non-hydrogen) atoms. The maximum atomic E-state index is 13.7. The van der Waals surface area contributed by atoms with Crippen LogP contribution in [-0.4, -0.2) is 0 Å². The highest BCUT2D eigenvalue weighted by molar-refractivity contribution is 9.10.